The molecule has 0 aromatic rings. The molecule has 51 heavy (non-hydrogen) atoms. The Hall–Kier alpha value is -0.740. The summed E-state index contributed by atoms with van der Waals surface area (Å²) in [7, 11) is 0. The lowest BCUT2D eigenvalue weighted by molar-refractivity contribution is -0.369. The molecule has 4 aliphatic heterocycles. The van der Waals surface area contributed by atoms with Gasteiger partial charge in [0, 0.05) is 12.3 Å². The Morgan fingerprint density at radius 1 is 0.824 bits per heavy atom. The SMILES string of the molecule is CC1OC(OC2C(O)[C@H](O)C(CO)O[C@H]2O[C@H]2CC[C@@]3(C)C(=CC[C@H]4[C@@H]5C[C@@H]6O[C@]7(CC[C@@H](C)CO7)[C@@H](C)[C@@H]6[C@@]5(C)CC[C@@H]43)C2)C(O)C(O)C1O. The summed E-state index contributed by atoms with van der Waals surface area (Å²) in [4.78, 5) is 0. The molecule has 8 rings (SSSR count). The Labute approximate surface area is 301 Å². The molecule has 0 aromatic carbocycles. The first kappa shape index (κ1) is 37.2. The molecule has 4 aliphatic carbocycles. The van der Waals surface area contributed by atoms with Gasteiger partial charge in [-0.3, -0.25) is 0 Å². The molecular formula is C39H62O12. The summed E-state index contributed by atoms with van der Waals surface area (Å²) < 4.78 is 37.6. The molecule has 7 fully saturated rings. The first-order chi connectivity index (χ1) is 24.2. The van der Waals surface area contributed by atoms with E-state index in [-0.39, 0.29) is 23.0 Å². The first-order valence-corrected chi connectivity index (χ1v) is 19.8. The minimum Gasteiger partial charge on any atom is -0.394 e. The molecule has 8 aliphatic rings. The fourth-order valence-corrected chi connectivity index (χ4v) is 12.5. The van der Waals surface area contributed by atoms with E-state index < -0.39 is 73.8 Å². The van der Waals surface area contributed by atoms with E-state index in [0.717, 1.165) is 38.7 Å². The molecule has 8 unspecified atom stereocenters. The van der Waals surface area contributed by atoms with Crippen LogP contribution in [0.3, 0.4) is 0 Å². The van der Waals surface area contributed by atoms with Crippen LogP contribution in [0.15, 0.2) is 11.6 Å². The number of aliphatic hydroxyl groups excluding tert-OH is 6. The Kier molecular flexibility index (Phi) is 9.83. The molecule has 12 heteroatoms. The van der Waals surface area contributed by atoms with Crippen molar-refractivity contribution < 1.29 is 59.1 Å². The number of fused-ring (bicyclic) bond motifs is 7. The second-order valence-electron chi connectivity index (χ2n) is 18.3. The van der Waals surface area contributed by atoms with E-state index in [4.69, 9.17) is 28.4 Å². The van der Waals surface area contributed by atoms with E-state index in [1.54, 1.807) is 0 Å². The molecular weight excluding hydrogens is 660 g/mol. The largest absolute Gasteiger partial charge is 0.394 e. The molecule has 0 amide bonds. The van der Waals surface area contributed by atoms with Gasteiger partial charge in [0.2, 0.25) is 0 Å². The van der Waals surface area contributed by atoms with Crippen LogP contribution < -0.4 is 0 Å². The van der Waals surface area contributed by atoms with Gasteiger partial charge in [0.25, 0.3) is 0 Å². The molecule has 290 valence electrons. The molecule has 4 saturated heterocycles. The van der Waals surface area contributed by atoms with Gasteiger partial charge in [-0.2, -0.15) is 0 Å². The maximum absolute atomic E-state index is 11.1. The molecule has 1 spiro atoms. The molecule has 21 atom stereocenters. The van der Waals surface area contributed by atoms with Crippen LogP contribution in [0.25, 0.3) is 0 Å². The smallest absolute Gasteiger partial charge is 0.187 e. The summed E-state index contributed by atoms with van der Waals surface area (Å²) in [6, 6.07) is 0. The topological polar surface area (TPSA) is 177 Å². The van der Waals surface area contributed by atoms with E-state index in [1.165, 1.54) is 31.8 Å². The Morgan fingerprint density at radius 2 is 1.61 bits per heavy atom. The van der Waals surface area contributed by atoms with Crippen LogP contribution in [0, 0.1) is 46.3 Å². The third-order valence-corrected chi connectivity index (χ3v) is 15.6. The summed E-state index contributed by atoms with van der Waals surface area (Å²) in [5.41, 5.74) is 1.70. The third-order valence-electron chi connectivity index (χ3n) is 15.6. The Balaban J connectivity index is 0.964. The van der Waals surface area contributed by atoms with Gasteiger partial charge in [-0.25, -0.2) is 0 Å². The summed E-state index contributed by atoms with van der Waals surface area (Å²) >= 11 is 0. The summed E-state index contributed by atoms with van der Waals surface area (Å²) in [6.45, 7) is 11.5. The zero-order valence-electron chi connectivity index (χ0n) is 30.9. The number of aliphatic hydroxyl groups is 6. The quantitative estimate of drug-likeness (QED) is 0.229. The Morgan fingerprint density at radius 3 is 2.33 bits per heavy atom. The number of hydrogen-bond acceptors (Lipinski definition) is 12. The maximum Gasteiger partial charge on any atom is 0.187 e. The molecule has 4 heterocycles. The highest BCUT2D eigenvalue weighted by Crippen LogP contribution is 2.70. The second kappa shape index (κ2) is 13.5. The highest BCUT2D eigenvalue weighted by molar-refractivity contribution is 5.26. The fraction of sp³-hybridized carbons (Fsp3) is 0.949. The van der Waals surface area contributed by atoms with Gasteiger partial charge in [0.1, 0.15) is 42.7 Å². The van der Waals surface area contributed by atoms with Crippen molar-refractivity contribution in [1.29, 1.82) is 0 Å². The lowest BCUT2D eigenvalue weighted by Crippen LogP contribution is -2.64. The number of hydrogen-bond donors (Lipinski definition) is 6. The maximum atomic E-state index is 11.1. The van der Waals surface area contributed by atoms with Gasteiger partial charge in [-0.05, 0) is 98.7 Å². The van der Waals surface area contributed by atoms with Crippen molar-refractivity contribution in [2.45, 2.75) is 172 Å². The van der Waals surface area contributed by atoms with Crippen LogP contribution in [0.5, 0.6) is 0 Å². The predicted molar refractivity (Wildman–Crippen MR) is 182 cm³/mol. The lowest BCUT2D eigenvalue weighted by Gasteiger charge is -2.58. The van der Waals surface area contributed by atoms with Crippen LogP contribution in [0.2, 0.25) is 0 Å². The normalized spacial score (nSPS) is 58.4. The van der Waals surface area contributed by atoms with Gasteiger partial charge >= 0.3 is 0 Å². The lowest BCUT2D eigenvalue weighted by atomic mass is 9.47. The van der Waals surface area contributed by atoms with Gasteiger partial charge in [-0.1, -0.05) is 39.3 Å². The molecule has 0 bridgehead atoms. The second-order valence-corrected chi connectivity index (χ2v) is 18.3. The van der Waals surface area contributed by atoms with Crippen molar-refractivity contribution in [3.8, 4) is 0 Å². The standard InChI is InChI=1S/C39H62O12/c1-18-8-13-39(46-17-18)19(2)28-26(51-39)15-25-23-7-6-21-14-22(9-11-37(21,4)24(23)10-12-38(25,28)5)48-36-34(32(44)30(42)27(16-40)49-36)50-35-33(45)31(43)29(41)20(3)47-35/h6,18-20,22-36,40-45H,7-17H2,1-5H3/t18-,19+,20?,22+,23-,24+,25+,26+,27?,28+,29?,30-,31?,32?,33?,34?,35?,36-,37+,38+,39-/m1/s1. The minimum atomic E-state index is -1.61. The van der Waals surface area contributed by atoms with Gasteiger partial charge < -0.3 is 59.1 Å². The van der Waals surface area contributed by atoms with Crippen LogP contribution >= 0.6 is 0 Å². The van der Waals surface area contributed by atoms with Crippen LogP contribution in [-0.4, -0.2) is 123 Å². The zero-order chi connectivity index (χ0) is 36.2. The van der Waals surface area contributed by atoms with E-state index in [1.807, 2.05) is 0 Å². The summed E-state index contributed by atoms with van der Waals surface area (Å²) in [6.07, 6.45) is -1.68. The van der Waals surface area contributed by atoms with E-state index >= 15 is 0 Å². The average molecular weight is 723 g/mol. The Bertz CT molecular complexity index is 1300. The predicted octanol–water partition coefficient (Wildman–Crippen LogP) is 2.39. The van der Waals surface area contributed by atoms with E-state index in [0.29, 0.717) is 41.9 Å². The van der Waals surface area contributed by atoms with Crippen molar-refractivity contribution >= 4 is 0 Å². The van der Waals surface area contributed by atoms with Crippen molar-refractivity contribution in [3.05, 3.63) is 11.6 Å². The number of ether oxygens (including phenoxy) is 6. The highest BCUT2D eigenvalue weighted by Gasteiger charge is 2.68. The molecule has 3 saturated carbocycles. The summed E-state index contributed by atoms with van der Waals surface area (Å²) in [5.74, 6) is 2.92. The van der Waals surface area contributed by atoms with Crippen molar-refractivity contribution in [2.75, 3.05) is 13.2 Å². The first-order valence-electron chi connectivity index (χ1n) is 19.8. The third kappa shape index (κ3) is 5.84. The van der Waals surface area contributed by atoms with Gasteiger partial charge in [0.05, 0.1) is 31.5 Å². The van der Waals surface area contributed by atoms with E-state index in [9.17, 15) is 30.6 Å². The average Bonchev–Trinajstić information content (AvgIpc) is 3.56. The van der Waals surface area contributed by atoms with Crippen molar-refractivity contribution in [1.82, 2.24) is 0 Å². The molecule has 0 aromatic heterocycles. The van der Waals surface area contributed by atoms with Crippen molar-refractivity contribution in [3.63, 3.8) is 0 Å². The number of allylic oxidation sites excluding steroid dienone is 1. The zero-order valence-corrected chi connectivity index (χ0v) is 30.9. The minimum absolute atomic E-state index is 0.0535. The number of rotatable bonds is 5. The fourth-order valence-electron chi connectivity index (χ4n) is 12.5. The molecule has 6 N–H and O–H groups in total. The van der Waals surface area contributed by atoms with Crippen LogP contribution in [-0.2, 0) is 28.4 Å². The van der Waals surface area contributed by atoms with Crippen LogP contribution in [0.1, 0.15) is 92.4 Å². The highest BCUT2D eigenvalue weighted by atomic mass is 16.8. The van der Waals surface area contributed by atoms with Crippen LogP contribution in [0.4, 0.5) is 0 Å². The van der Waals surface area contributed by atoms with Gasteiger partial charge in [0.15, 0.2) is 18.4 Å². The van der Waals surface area contributed by atoms with E-state index in [2.05, 4.69) is 33.8 Å². The van der Waals surface area contributed by atoms with Crippen molar-refractivity contribution in [2.24, 2.45) is 46.3 Å². The summed E-state index contributed by atoms with van der Waals surface area (Å²) in [5, 5.41) is 62.9. The molecule has 0 radical (unpaired) electrons. The molecule has 12 nitrogen and oxygen atoms in total. The monoisotopic (exact) mass is 722 g/mol. The van der Waals surface area contributed by atoms with Gasteiger partial charge in [-0.15, -0.1) is 0 Å².